The van der Waals surface area contributed by atoms with Gasteiger partial charge in [-0.2, -0.15) is 0 Å². The van der Waals surface area contributed by atoms with Gasteiger partial charge in [0.05, 0.1) is 18.2 Å². The molecule has 0 bridgehead atoms. The van der Waals surface area contributed by atoms with Crippen LogP contribution in [0.5, 0.6) is 0 Å². The number of carbonyl (C=O) groups excluding carboxylic acids is 1. The second-order valence-corrected chi connectivity index (χ2v) is 6.80. The molecule has 2 aliphatic heterocycles. The van der Waals surface area contributed by atoms with Gasteiger partial charge in [0.1, 0.15) is 0 Å². The van der Waals surface area contributed by atoms with E-state index in [1.165, 1.54) is 4.88 Å². The molecular weight excluding hydrogens is 272 g/mol. The molecule has 1 N–H and O–H groups in total. The topological polar surface area (TPSA) is 43.8 Å². The van der Waals surface area contributed by atoms with Crippen LogP contribution < -0.4 is 0 Å². The van der Waals surface area contributed by atoms with Gasteiger partial charge in [0, 0.05) is 24.5 Å². The first kappa shape index (κ1) is 14.0. The molecular formula is C15H22N2O2S. The third-order valence-corrected chi connectivity index (χ3v) is 5.48. The van der Waals surface area contributed by atoms with Crippen LogP contribution in [0.3, 0.4) is 0 Å². The van der Waals surface area contributed by atoms with Crippen molar-refractivity contribution >= 4 is 17.2 Å². The molecule has 110 valence electrons. The monoisotopic (exact) mass is 294 g/mol. The second-order valence-electron chi connectivity index (χ2n) is 5.82. The van der Waals surface area contributed by atoms with Gasteiger partial charge in [-0.05, 0) is 37.6 Å². The minimum absolute atomic E-state index is 0.118. The molecule has 0 aliphatic carbocycles. The van der Waals surface area contributed by atoms with E-state index in [9.17, 15) is 9.90 Å². The smallest absolute Gasteiger partial charge is 0.240 e. The first-order valence-corrected chi connectivity index (χ1v) is 8.31. The first-order chi connectivity index (χ1) is 9.66. The van der Waals surface area contributed by atoms with E-state index in [2.05, 4.69) is 22.4 Å². The number of hydrogen-bond acceptors (Lipinski definition) is 4. The molecule has 3 rings (SSSR count). The number of rotatable bonds is 3. The molecule has 1 aromatic heterocycles. The molecule has 5 heteroatoms. The number of β-amino-alcohol motifs (C(OH)–C–C–N with tert-alkyl or cyclic N) is 1. The van der Waals surface area contributed by atoms with Crippen molar-refractivity contribution in [3.05, 3.63) is 22.4 Å². The quantitative estimate of drug-likeness (QED) is 0.925. The number of hydrogen-bond donors (Lipinski definition) is 1. The fourth-order valence-electron chi connectivity index (χ4n) is 3.32. The summed E-state index contributed by atoms with van der Waals surface area (Å²) in [5.74, 6) is 0.218. The van der Waals surface area contributed by atoms with Crippen LogP contribution in [0.1, 0.15) is 37.1 Å². The molecule has 2 saturated heterocycles. The Morgan fingerprint density at radius 2 is 2.30 bits per heavy atom. The van der Waals surface area contributed by atoms with Crippen molar-refractivity contribution in [1.29, 1.82) is 0 Å². The third kappa shape index (κ3) is 2.62. The maximum atomic E-state index is 12.8. The fraction of sp³-hybridized carbons (Fsp3) is 0.667. The largest absolute Gasteiger partial charge is 0.392 e. The molecule has 1 aromatic rings. The minimum Gasteiger partial charge on any atom is -0.392 e. The summed E-state index contributed by atoms with van der Waals surface area (Å²) in [6.45, 7) is 4.29. The second kappa shape index (κ2) is 5.84. The van der Waals surface area contributed by atoms with Crippen molar-refractivity contribution < 1.29 is 9.90 Å². The summed E-state index contributed by atoms with van der Waals surface area (Å²) in [7, 11) is 0. The summed E-state index contributed by atoms with van der Waals surface area (Å²) in [4.78, 5) is 18.2. The first-order valence-electron chi connectivity index (χ1n) is 7.43. The van der Waals surface area contributed by atoms with E-state index < -0.39 is 0 Å². The summed E-state index contributed by atoms with van der Waals surface area (Å²) in [6.07, 6.45) is 2.67. The van der Waals surface area contributed by atoms with Crippen molar-refractivity contribution in [2.24, 2.45) is 0 Å². The molecule has 2 aliphatic rings. The highest BCUT2D eigenvalue weighted by atomic mass is 32.1. The van der Waals surface area contributed by atoms with Gasteiger partial charge in [-0.25, -0.2) is 0 Å². The number of likely N-dealkylation sites (tertiary alicyclic amines) is 2. The Morgan fingerprint density at radius 1 is 1.45 bits per heavy atom. The van der Waals surface area contributed by atoms with E-state index in [1.54, 1.807) is 11.3 Å². The molecule has 3 heterocycles. The molecule has 1 amide bonds. The lowest BCUT2D eigenvalue weighted by atomic mass is 10.1. The van der Waals surface area contributed by atoms with Crippen molar-refractivity contribution in [2.75, 3.05) is 19.6 Å². The third-order valence-electron chi connectivity index (χ3n) is 4.51. The van der Waals surface area contributed by atoms with E-state index in [0.29, 0.717) is 6.54 Å². The lowest BCUT2D eigenvalue weighted by Crippen LogP contribution is -2.46. The zero-order chi connectivity index (χ0) is 14.1. The lowest BCUT2D eigenvalue weighted by Gasteiger charge is -2.31. The molecule has 4 nitrogen and oxygen atoms in total. The zero-order valence-corrected chi connectivity index (χ0v) is 12.7. The maximum absolute atomic E-state index is 12.8. The van der Waals surface area contributed by atoms with Crippen LogP contribution in [0.25, 0.3) is 0 Å². The van der Waals surface area contributed by atoms with Gasteiger partial charge in [0.15, 0.2) is 0 Å². The lowest BCUT2D eigenvalue weighted by molar-refractivity contribution is -0.137. The van der Waals surface area contributed by atoms with E-state index in [-0.39, 0.29) is 24.1 Å². The predicted octanol–water partition coefficient (Wildman–Crippen LogP) is 1.87. The molecule has 2 unspecified atom stereocenters. The van der Waals surface area contributed by atoms with Gasteiger partial charge >= 0.3 is 0 Å². The Labute approximate surface area is 124 Å². The summed E-state index contributed by atoms with van der Waals surface area (Å²) in [6, 6.07) is 4.33. The molecule has 0 saturated carbocycles. The van der Waals surface area contributed by atoms with Gasteiger partial charge in [0.25, 0.3) is 0 Å². The molecule has 2 fully saturated rings. The highest BCUT2D eigenvalue weighted by Crippen LogP contribution is 2.35. The number of carbonyl (C=O) groups is 1. The SMILES string of the molecule is CC(C(=O)N1CCCC1c1cccs1)N1CC[C@H](O)C1. The van der Waals surface area contributed by atoms with Gasteiger partial charge in [-0.1, -0.05) is 6.07 Å². The predicted molar refractivity (Wildman–Crippen MR) is 79.7 cm³/mol. The van der Waals surface area contributed by atoms with Crippen molar-refractivity contribution in [3.63, 3.8) is 0 Å². The van der Waals surface area contributed by atoms with Gasteiger partial charge < -0.3 is 10.0 Å². The van der Waals surface area contributed by atoms with Crippen LogP contribution in [-0.2, 0) is 4.79 Å². The average Bonchev–Trinajstić information content (AvgIpc) is 3.16. The average molecular weight is 294 g/mol. The Hall–Kier alpha value is -0.910. The van der Waals surface area contributed by atoms with Crippen LogP contribution in [-0.4, -0.2) is 52.6 Å². The Morgan fingerprint density at radius 3 is 2.95 bits per heavy atom. The van der Waals surface area contributed by atoms with Crippen LogP contribution in [0.4, 0.5) is 0 Å². The zero-order valence-electron chi connectivity index (χ0n) is 11.9. The number of aliphatic hydroxyl groups is 1. The van der Waals surface area contributed by atoms with Crippen molar-refractivity contribution in [1.82, 2.24) is 9.80 Å². The normalized spacial score (nSPS) is 29.0. The molecule has 3 atom stereocenters. The molecule has 0 aromatic carbocycles. The van der Waals surface area contributed by atoms with E-state index in [1.807, 2.05) is 11.8 Å². The minimum atomic E-state index is -0.267. The van der Waals surface area contributed by atoms with E-state index >= 15 is 0 Å². The maximum Gasteiger partial charge on any atom is 0.240 e. The Bertz CT molecular complexity index is 462. The number of thiophene rings is 1. The van der Waals surface area contributed by atoms with Crippen LogP contribution >= 0.6 is 11.3 Å². The number of aliphatic hydroxyl groups excluding tert-OH is 1. The van der Waals surface area contributed by atoms with Crippen molar-refractivity contribution in [2.45, 2.75) is 44.4 Å². The summed E-state index contributed by atoms with van der Waals surface area (Å²) in [5.41, 5.74) is 0. The van der Waals surface area contributed by atoms with Gasteiger partial charge in [-0.3, -0.25) is 9.69 Å². The van der Waals surface area contributed by atoms with Crippen LogP contribution in [0.2, 0.25) is 0 Å². The summed E-state index contributed by atoms with van der Waals surface area (Å²) < 4.78 is 0. The van der Waals surface area contributed by atoms with E-state index in [4.69, 9.17) is 0 Å². The molecule has 0 spiro atoms. The highest BCUT2D eigenvalue weighted by Gasteiger charge is 2.36. The van der Waals surface area contributed by atoms with Gasteiger partial charge in [-0.15, -0.1) is 11.3 Å². The van der Waals surface area contributed by atoms with Gasteiger partial charge in [0.2, 0.25) is 5.91 Å². The Kier molecular flexibility index (Phi) is 4.10. The number of nitrogens with zero attached hydrogens (tertiary/aromatic N) is 2. The van der Waals surface area contributed by atoms with Crippen molar-refractivity contribution in [3.8, 4) is 0 Å². The van der Waals surface area contributed by atoms with Crippen LogP contribution in [0, 0.1) is 0 Å². The molecule has 20 heavy (non-hydrogen) atoms. The summed E-state index contributed by atoms with van der Waals surface area (Å²) >= 11 is 1.74. The standard InChI is InChI=1S/C15H22N2O2S/c1-11(16-8-6-12(18)10-16)15(19)17-7-2-4-13(17)14-5-3-9-20-14/h3,5,9,11-13,18H,2,4,6-8,10H2,1H3/t11?,12-,13?/m0/s1. The van der Waals surface area contributed by atoms with E-state index in [0.717, 1.165) is 32.4 Å². The Balaban J connectivity index is 1.69. The molecule has 0 radical (unpaired) electrons. The summed E-state index contributed by atoms with van der Waals surface area (Å²) in [5, 5.41) is 11.7. The van der Waals surface area contributed by atoms with Crippen LogP contribution in [0.15, 0.2) is 17.5 Å². The highest BCUT2D eigenvalue weighted by molar-refractivity contribution is 7.10. The number of amides is 1. The fourth-order valence-corrected chi connectivity index (χ4v) is 4.20.